The first kappa shape index (κ1) is 16.0. The predicted molar refractivity (Wildman–Crippen MR) is 77.6 cm³/mol. The summed E-state index contributed by atoms with van der Waals surface area (Å²) in [6.45, 7) is 1.80. The molecule has 1 unspecified atom stereocenters. The van der Waals surface area contributed by atoms with E-state index >= 15 is 0 Å². The number of benzene rings is 1. The van der Waals surface area contributed by atoms with E-state index in [4.69, 9.17) is 10.5 Å². The molecule has 0 saturated carbocycles. The molecular weight excluding hydrogens is 286 g/mol. The third kappa shape index (κ3) is 4.83. The van der Waals surface area contributed by atoms with Crippen LogP contribution in [0.25, 0.3) is 0 Å². The minimum Gasteiger partial charge on any atom is -0.495 e. The van der Waals surface area contributed by atoms with Crippen LogP contribution in [-0.2, 0) is 20.6 Å². The van der Waals surface area contributed by atoms with Gasteiger partial charge >= 0.3 is 0 Å². The molecule has 0 bridgehead atoms. The van der Waals surface area contributed by atoms with Crippen molar-refractivity contribution in [3.05, 3.63) is 18.2 Å². The van der Waals surface area contributed by atoms with Crippen LogP contribution in [0.1, 0.15) is 13.3 Å². The zero-order valence-electron chi connectivity index (χ0n) is 11.1. The van der Waals surface area contributed by atoms with Crippen LogP contribution in [0.4, 0.5) is 5.69 Å². The number of hydrogen-bond acceptors (Lipinski definition) is 5. The lowest BCUT2D eigenvalue weighted by molar-refractivity contribution is 0.404. The summed E-state index contributed by atoms with van der Waals surface area (Å²) in [7, 11) is -3.07. The molecule has 0 aromatic heterocycles. The van der Waals surface area contributed by atoms with Crippen molar-refractivity contribution in [3.8, 4) is 5.75 Å². The molecule has 0 heterocycles. The lowest BCUT2D eigenvalue weighted by Gasteiger charge is -2.09. The fourth-order valence-corrected chi connectivity index (χ4v) is 4.85. The normalized spacial score (nSPS) is 13.2. The van der Waals surface area contributed by atoms with Gasteiger partial charge in [-0.2, -0.15) is 0 Å². The van der Waals surface area contributed by atoms with Crippen LogP contribution in [0, 0.1) is 0 Å². The highest BCUT2D eigenvalue weighted by molar-refractivity contribution is 7.93. The largest absolute Gasteiger partial charge is 0.495 e. The summed E-state index contributed by atoms with van der Waals surface area (Å²) in [5.41, 5.74) is 6.12. The standard InChI is InChI=1S/C12H19NO4S2/c1-3-7-19(15,16)8-6-18(14)12-5-4-10(13)9-11(12)17-2/h4-5,9H,3,6-8,13H2,1-2H3. The van der Waals surface area contributed by atoms with E-state index in [0.717, 1.165) is 0 Å². The molecular formula is C12H19NO4S2. The van der Waals surface area contributed by atoms with Crippen molar-refractivity contribution in [2.24, 2.45) is 0 Å². The molecule has 19 heavy (non-hydrogen) atoms. The topological polar surface area (TPSA) is 86.5 Å². The van der Waals surface area contributed by atoms with Gasteiger partial charge in [0.25, 0.3) is 0 Å². The minimum atomic E-state index is -3.12. The van der Waals surface area contributed by atoms with Gasteiger partial charge in [0, 0.05) is 23.3 Å². The van der Waals surface area contributed by atoms with Crippen molar-refractivity contribution in [3.63, 3.8) is 0 Å². The summed E-state index contributed by atoms with van der Waals surface area (Å²) in [5.74, 6) is 0.540. The lowest BCUT2D eigenvalue weighted by atomic mass is 10.3. The van der Waals surface area contributed by atoms with Gasteiger partial charge in [0.2, 0.25) is 0 Å². The quantitative estimate of drug-likeness (QED) is 0.765. The minimum absolute atomic E-state index is 0.0720. The molecule has 0 saturated heterocycles. The molecule has 2 N–H and O–H groups in total. The second-order valence-corrected chi connectivity index (χ2v) is 7.95. The predicted octanol–water partition coefficient (Wildman–Crippen LogP) is 1.21. The number of rotatable bonds is 7. The fourth-order valence-electron chi connectivity index (χ4n) is 1.60. The highest BCUT2D eigenvalue weighted by Crippen LogP contribution is 2.24. The van der Waals surface area contributed by atoms with E-state index in [1.807, 2.05) is 0 Å². The molecule has 5 nitrogen and oxygen atoms in total. The highest BCUT2D eigenvalue weighted by Gasteiger charge is 2.15. The molecule has 108 valence electrons. The van der Waals surface area contributed by atoms with Crippen molar-refractivity contribution >= 4 is 26.3 Å². The Kier molecular flexibility index (Phi) is 5.81. The molecule has 1 aromatic carbocycles. The summed E-state index contributed by atoms with van der Waals surface area (Å²) < 4.78 is 40.4. The Morgan fingerprint density at radius 1 is 1.32 bits per heavy atom. The van der Waals surface area contributed by atoms with Crippen LogP contribution in [0.5, 0.6) is 5.75 Å². The van der Waals surface area contributed by atoms with Crippen molar-refractivity contribution < 1.29 is 17.4 Å². The Balaban J connectivity index is 2.79. The Bertz CT molecular complexity index is 555. The fraction of sp³-hybridized carbons (Fsp3) is 0.500. The third-order valence-corrected chi connectivity index (χ3v) is 6.05. The zero-order chi connectivity index (χ0) is 14.5. The van der Waals surface area contributed by atoms with Gasteiger partial charge < -0.3 is 10.5 Å². The van der Waals surface area contributed by atoms with Crippen LogP contribution in [0.15, 0.2) is 23.1 Å². The maximum atomic E-state index is 12.1. The van der Waals surface area contributed by atoms with Gasteiger partial charge in [0.15, 0.2) is 9.84 Å². The van der Waals surface area contributed by atoms with Crippen molar-refractivity contribution in [2.75, 3.05) is 30.1 Å². The number of methoxy groups -OCH3 is 1. The maximum Gasteiger partial charge on any atom is 0.151 e. The summed E-state index contributed by atoms with van der Waals surface area (Å²) in [6, 6.07) is 4.81. The smallest absolute Gasteiger partial charge is 0.151 e. The molecule has 0 spiro atoms. The van der Waals surface area contributed by atoms with Crippen LogP contribution in [0.3, 0.4) is 0 Å². The summed E-state index contributed by atoms with van der Waals surface area (Å²) >= 11 is 0. The molecule has 1 aromatic rings. The van der Waals surface area contributed by atoms with Crippen LogP contribution >= 0.6 is 0 Å². The molecule has 0 fully saturated rings. The molecule has 0 aliphatic carbocycles. The van der Waals surface area contributed by atoms with Gasteiger partial charge in [0.05, 0.1) is 28.6 Å². The summed E-state index contributed by atoms with van der Waals surface area (Å²) in [6.07, 6.45) is 0.570. The Hall–Kier alpha value is -1.08. The Morgan fingerprint density at radius 3 is 2.58 bits per heavy atom. The molecule has 0 aliphatic heterocycles. The van der Waals surface area contributed by atoms with E-state index in [-0.39, 0.29) is 17.3 Å². The van der Waals surface area contributed by atoms with Gasteiger partial charge in [-0.3, -0.25) is 4.21 Å². The highest BCUT2D eigenvalue weighted by atomic mass is 32.2. The lowest BCUT2D eigenvalue weighted by Crippen LogP contribution is -2.16. The van der Waals surface area contributed by atoms with E-state index in [1.54, 1.807) is 25.1 Å². The monoisotopic (exact) mass is 305 g/mol. The van der Waals surface area contributed by atoms with Crippen LogP contribution in [0.2, 0.25) is 0 Å². The molecule has 0 aliphatic rings. The van der Waals surface area contributed by atoms with E-state index in [9.17, 15) is 12.6 Å². The van der Waals surface area contributed by atoms with Crippen LogP contribution < -0.4 is 10.5 Å². The third-order valence-electron chi connectivity index (χ3n) is 2.53. The SMILES string of the molecule is CCCS(=O)(=O)CCS(=O)c1ccc(N)cc1OC. The molecule has 0 radical (unpaired) electrons. The van der Waals surface area contributed by atoms with Gasteiger partial charge in [-0.1, -0.05) is 6.92 Å². The number of ether oxygens (including phenoxy) is 1. The van der Waals surface area contributed by atoms with Crippen molar-refractivity contribution in [1.82, 2.24) is 0 Å². The average Bonchev–Trinajstić information content (AvgIpc) is 2.35. The van der Waals surface area contributed by atoms with Crippen LogP contribution in [-0.4, -0.2) is 37.0 Å². The number of nitrogen functional groups attached to an aromatic ring is 1. The zero-order valence-corrected chi connectivity index (χ0v) is 12.7. The number of anilines is 1. The number of sulfone groups is 1. The average molecular weight is 305 g/mol. The second-order valence-electron chi connectivity index (χ2n) is 4.11. The van der Waals surface area contributed by atoms with E-state index < -0.39 is 20.6 Å². The van der Waals surface area contributed by atoms with Crippen molar-refractivity contribution in [1.29, 1.82) is 0 Å². The van der Waals surface area contributed by atoms with E-state index in [1.165, 1.54) is 7.11 Å². The molecule has 1 rings (SSSR count). The molecule has 1 atom stereocenters. The van der Waals surface area contributed by atoms with Gasteiger partial charge in [-0.05, 0) is 18.6 Å². The second kappa shape index (κ2) is 6.91. The van der Waals surface area contributed by atoms with Crippen molar-refractivity contribution in [2.45, 2.75) is 18.2 Å². The molecule has 0 amide bonds. The first-order valence-electron chi connectivity index (χ1n) is 5.92. The molecule has 7 heteroatoms. The van der Waals surface area contributed by atoms with Gasteiger partial charge in [-0.15, -0.1) is 0 Å². The Labute approximate surface area is 116 Å². The maximum absolute atomic E-state index is 12.1. The number of hydrogen-bond donors (Lipinski definition) is 1. The summed E-state index contributed by atoms with van der Waals surface area (Å²) in [4.78, 5) is 0.475. The summed E-state index contributed by atoms with van der Waals surface area (Å²) in [5, 5.41) is 0. The van der Waals surface area contributed by atoms with E-state index in [2.05, 4.69) is 0 Å². The number of nitrogens with two attached hydrogens (primary N) is 1. The van der Waals surface area contributed by atoms with E-state index in [0.29, 0.717) is 22.8 Å². The van der Waals surface area contributed by atoms with Gasteiger partial charge in [0.1, 0.15) is 5.75 Å². The van der Waals surface area contributed by atoms with Gasteiger partial charge in [-0.25, -0.2) is 8.42 Å². The first-order chi connectivity index (χ1) is 8.89. The first-order valence-corrected chi connectivity index (χ1v) is 9.06. The Morgan fingerprint density at radius 2 is 2.00 bits per heavy atom.